The zero-order valence-corrected chi connectivity index (χ0v) is 26.6. The Balaban J connectivity index is 1.25. The third-order valence-electron chi connectivity index (χ3n) is 8.04. The molecule has 0 N–H and O–H groups in total. The Labute approximate surface area is 280 Å². The molecule has 0 aliphatic carbocycles. The molecule has 6 nitrogen and oxygen atoms in total. The minimum absolute atomic E-state index is 0.584. The summed E-state index contributed by atoms with van der Waals surface area (Å²) in [7, 11) is 0. The Morgan fingerprint density at radius 2 is 1.00 bits per heavy atom. The second-order valence-corrected chi connectivity index (χ2v) is 12.0. The number of hydrogen-bond donors (Lipinski definition) is 0. The summed E-state index contributed by atoms with van der Waals surface area (Å²) in [4.78, 5) is 28.0. The Bertz CT molecular complexity index is 2240. The van der Waals surface area contributed by atoms with Crippen LogP contribution in [-0.4, -0.2) is 29.9 Å². The zero-order valence-electron chi connectivity index (χ0n) is 25.0. The third-order valence-corrected chi connectivity index (χ3v) is 8.50. The molecule has 222 valence electrons. The van der Waals surface area contributed by atoms with Gasteiger partial charge in [0.05, 0.1) is 5.52 Å². The lowest BCUT2D eigenvalue weighted by molar-refractivity contribution is 1.07. The maximum absolute atomic E-state index is 5.03. The van der Waals surface area contributed by atoms with Gasteiger partial charge in [-0.1, -0.05) is 88.7 Å². The Hall–Kier alpha value is -5.92. The van der Waals surface area contributed by atoms with Crippen molar-refractivity contribution in [2.24, 2.45) is 0 Å². The van der Waals surface area contributed by atoms with Crippen molar-refractivity contribution in [1.82, 2.24) is 29.9 Å². The molecule has 0 spiro atoms. The van der Waals surface area contributed by atoms with Crippen LogP contribution in [0.4, 0.5) is 0 Å². The highest BCUT2D eigenvalue weighted by Crippen LogP contribution is 2.34. The number of aromatic nitrogens is 6. The molecule has 4 aromatic heterocycles. The van der Waals surface area contributed by atoms with E-state index in [0.29, 0.717) is 17.5 Å². The first-order valence-electron chi connectivity index (χ1n) is 15.1. The van der Waals surface area contributed by atoms with E-state index in [0.717, 1.165) is 65.4 Å². The van der Waals surface area contributed by atoms with Gasteiger partial charge in [0.1, 0.15) is 0 Å². The molecule has 0 fully saturated rings. The third kappa shape index (κ3) is 5.92. The first-order valence-corrected chi connectivity index (χ1v) is 15.9. The lowest BCUT2D eigenvalue weighted by Gasteiger charge is -2.12. The normalized spacial score (nSPS) is 11.1. The first-order chi connectivity index (χ1) is 23.2. The molecule has 0 bridgehead atoms. The van der Waals surface area contributed by atoms with E-state index in [9.17, 15) is 0 Å². The second-order valence-electron chi connectivity index (χ2n) is 11.0. The van der Waals surface area contributed by atoms with E-state index in [2.05, 4.69) is 91.5 Å². The number of nitrogens with zero attached hydrogens (tertiary/aromatic N) is 6. The van der Waals surface area contributed by atoms with Crippen LogP contribution < -0.4 is 0 Å². The molecule has 0 atom stereocenters. The van der Waals surface area contributed by atoms with Gasteiger partial charge in [-0.05, 0) is 81.9 Å². The summed E-state index contributed by atoms with van der Waals surface area (Å²) in [5.74, 6) is 1.77. The van der Waals surface area contributed by atoms with E-state index in [1.165, 1.54) is 0 Å². The van der Waals surface area contributed by atoms with E-state index >= 15 is 0 Å². The number of benzene rings is 4. The molecular formula is C40H25BrN6. The van der Waals surface area contributed by atoms with Crippen LogP contribution in [0.25, 0.3) is 78.4 Å². The fourth-order valence-corrected chi connectivity index (χ4v) is 6.19. The fraction of sp³-hybridized carbons (Fsp3) is 0. The molecule has 7 heteroatoms. The molecule has 47 heavy (non-hydrogen) atoms. The highest BCUT2D eigenvalue weighted by Gasteiger charge is 2.15. The van der Waals surface area contributed by atoms with Gasteiger partial charge in [0.25, 0.3) is 0 Å². The van der Waals surface area contributed by atoms with E-state index in [-0.39, 0.29) is 0 Å². The SMILES string of the molecule is Brc1cc(-c2nc(-c3ccc(-c4ccncc4)cc3)nc(-c3ccc(-c4cccnc4)cc3)n2)cc(-c2cccc3ncccc23)c1. The molecule has 8 aromatic rings. The molecule has 4 heterocycles. The van der Waals surface area contributed by atoms with Gasteiger partial charge in [-0.25, -0.2) is 15.0 Å². The summed E-state index contributed by atoms with van der Waals surface area (Å²) < 4.78 is 0.928. The molecule has 0 aliphatic rings. The summed E-state index contributed by atoms with van der Waals surface area (Å²) >= 11 is 3.76. The molecule has 0 amide bonds. The minimum atomic E-state index is 0.584. The zero-order chi connectivity index (χ0) is 31.6. The van der Waals surface area contributed by atoms with Crippen LogP contribution in [0.15, 0.2) is 157 Å². The second kappa shape index (κ2) is 12.5. The van der Waals surface area contributed by atoms with Gasteiger partial charge in [0, 0.05) is 57.5 Å². The van der Waals surface area contributed by atoms with Crippen molar-refractivity contribution in [2.75, 3.05) is 0 Å². The van der Waals surface area contributed by atoms with Gasteiger partial charge in [0.15, 0.2) is 17.5 Å². The van der Waals surface area contributed by atoms with Gasteiger partial charge in [-0.3, -0.25) is 15.0 Å². The van der Waals surface area contributed by atoms with Crippen LogP contribution in [0.3, 0.4) is 0 Å². The molecular weight excluding hydrogens is 644 g/mol. The lowest BCUT2D eigenvalue weighted by atomic mass is 9.98. The van der Waals surface area contributed by atoms with Crippen LogP contribution >= 0.6 is 15.9 Å². The number of rotatable bonds is 6. The number of halogens is 1. The van der Waals surface area contributed by atoms with Gasteiger partial charge in [0.2, 0.25) is 0 Å². The summed E-state index contributed by atoms with van der Waals surface area (Å²) in [5.41, 5.74) is 10.1. The summed E-state index contributed by atoms with van der Waals surface area (Å²) in [6.07, 6.45) is 9.06. The Morgan fingerprint density at radius 1 is 0.404 bits per heavy atom. The first kappa shape index (κ1) is 28.5. The van der Waals surface area contributed by atoms with Crippen LogP contribution in [0.5, 0.6) is 0 Å². The quantitative estimate of drug-likeness (QED) is 0.175. The van der Waals surface area contributed by atoms with Gasteiger partial charge >= 0.3 is 0 Å². The molecule has 0 saturated heterocycles. The van der Waals surface area contributed by atoms with Crippen molar-refractivity contribution < 1.29 is 0 Å². The average Bonchev–Trinajstić information content (AvgIpc) is 3.15. The van der Waals surface area contributed by atoms with Crippen molar-refractivity contribution in [3.8, 4) is 67.5 Å². The van der Waals surface area contributed by atoms with E-state index < -0.39 is 0 Å². The smallest absolute Gasteiger partial charge is 0.164 e. The standard InChI is InChI=1S/C40H25BrN6/c41-34-23-32(35-5-1-7-37-36(35)6-3-19-44-37)22-33(24-34)40-46-38(29-12-8-26(9-13-29)28-16-20-42-21-17-28)45-39(47-40)30-14-10-27(11-15-30)31-4-2-18-43-25-31/h1-25H. The predicted octanol–water partition coefficient (Wildman–Crippen LogP) is 9.97. The molecule has 8 rings (SSSR count). The summed E-state index contributed by atoms with van der Waals surface area (Å²) in [6.45, 7) is 0. The van der Waals surface area contributed by atoms with Crippen LogP contribution in [0, 0.1) is 0 Å². The van der Waals surface area contributed by atoms with E-state index in [4.69, 9.17) is 15.0 Å². The monoisotopic (exact) mass is 668 g/mol. The van der Waals surface area contributed by atoms with Crippen LogP contribution in [-0.2, 0) is 0 Å². The maximum atomic E-state index is 5.03. The predicted molar refractivity (Wildman–Crippen MR) is 191 cm³/mol. The lowest BCUT2D eigenvalue weighted by Crippen LogP contribution is -2.00. The molecule has 4 aromatic carbocycles. The maximum Gasteiger partial charge on any atom is 0.164 e. The topological polar surface area (TPSA) is 77.3 Å². The van der Waals surface area contributed by atoms with Gasteiger partial charge in [-0.15, -0.1) is 0 Å². The summed E-state index contributed by atoms with van der Waals surface area (Å²) in [5, 5.41) is 1.08. The molecule has 0 saturated carbocycles. The van der Waals surface area contributed by atoms with Gasteiger partial charge < -0.3 is 0 Å². The molecule has 0 aliphatic heterocycles. The fourth-order valence-electron chi connectivity index (χ4n) is 5.69. The number of pyridine rings is 3. The molecule has 0 radical (unpaired) electrons. The van der Waals surface area contributed by atoms with Crippen molar-refractivity contribution in [3.63, 3.8) is 0 Å². The van der Waals surface area contributed by atoms with Crippen LogP contribution in [0.2, 0.25) is 0 Å². The van der Waals surface area contributed by atoms with E-state index in [1.54, 1.807) is 18.6 Å². The number of fused-ring (bicyclic) bond motifs is 1. The van der Waals surface area contributed by atoms with E-state index in [1.807, 2.05) is 73.1 Å². The largest absolute Gasteiger partial charge is 0.265 e. The minimum Gasteiger partial charge on any atom is -0.265 e. The van der Waals surface area contributed by atoms with Crippen LogP contribution in [0.1, 0.15) is 0 Å². The highest BCUT2D eigenvalue weighted by molar-refractivity contribution is 9.10. The summed E-state index contributed by atoms with van der Waals surface area (Å²) in [6, 6.07) is 41.1. The van der Waals surface area contributed by atoms with Crippen molar-refractivity contribution in [3.05, 3.63) is 157 Å². The number of hydrogen-bond acceptors (Lipinski definition) is 6. The Kier molecular flexibility index (Phi) is 7.57. The highest BCUT2D eigenvalue weighted by atomic mass is 79.9. The molecule has 0 unspecified atom stereocenters. The average molecular weight is 670 g/mol. The van der Waals surface area contributed by atoms with Crippen molar-refractivity contribution >= 4 is 26.8 Å². The van der Waals surface area contributed by atoms with Crippen molar-refractivity contribution in [1.29, 1.82) is 0 Å². The Morgan fingerprint density at radius 3 is 1.68 bits per heavy atom. The van der Waals surface area contributed by atoms with Gasteiger partial charge in [-0.2, -0.15) is 0 Å². The van der Waals surface area contributed by atoms with Crippen molar-refractivity contribution in [2.45, 2.75) is 0 Å².